The lowest BCUT2D eigenvalue weighted by atomic mass is 10.2. The van der Waals surface area contributed by atoms with E-state index in [9.17, 15) is 4.79 Å². The molecule has 0 atom stereocenters. The minimum Gasteiger partial charge on any atom is -0.497 e. The predicted molar refractivity (Wildman–Crippen MR) is 115 cm³/mol. The molecule has 3 aromatic heterocycles. The number of primary amides is 1. The molecule has 4 aromatic rings. The zero-order valence-corrected chi connectivity index (χ0v) is 17.8. The van der Waals surface area contributed by atoms with Gasteiger partial charge in [-0.3, -0.25) is 9.36 Å². The lowest BCUT2D eigenvalue weighted by molar-refractivity contribution is -0.118. The van der Waals surface area contributed by atoms with Crippen LogP contribution in [-0.4, -0.2) is 32.8 Å². The molecule has 0 fully saturated rings. The molecular formula is C20H19N5O3S2. The Balaban J connectivity index is 1.49. The van der Waals surface area contributed by atoms with Gasteiger partial charge in [0.25, 0.3) is 0 Å². The lowest BCUT2D eigenvalue weighted by Crippen LogP contribution is -2.15. The van der Waals surface area contributed by atoms with Crippen LogP contribution in [0.1, 0.15) is 12.1 Å². The summed E-state index contributed by atoms with van der Waals surface area (Å²) in [5.41, 5.74) is 7.32. The van der Waals surface area contributed by atoms with E-state index in [0.29, 0.717) is 29.0 Å². The van der Waals surface area contributed by atoms with Crippen molar-refractivity contribution in [2.45, 2.75) is 23.9 Å². The van der Waals surface area contributed by atoms with Crippen molar-refractivity contribution in [2.24, 2.45) is 5.73 Å². The minimum atomic E-state index is -0.381. The van der Waals surface area contributed by atoms with Gasteiger partial charge in [-0.25, -0.2) is 4.98 Å². The van der Waals surface area contributed by atoms with Gasteiger partial charge in [-0.1, -0.05) is 11.8 Å². The number of amides is 1. The molecule has 0 bridgehead atoms. The molecule has 30 heavy (non-hydrogen) atoms. The van der Waals surface area contributed by atoms with Gasteiger partial charge in [0, 0.05) is 29.7 Å². The number of furan rings is 1. The van der Waals surface area contributed by atoms with Gasteiger partial charge in [-0.05, 0) is 36.4 Å². The molecule has 154 valence electrons. The predicted octanol–water partition coefficient (Wildman–Crippen LogP) is 3.84. The number of hydrogen-bond donors (Lipinski definition) is 1. The quantitative estimate of drug-likeness (QED) is 0.393. The second kappa shape index (κ2) is 9.14. The van der Waals surface area contributed by atoms with Gasteiger partial charge in [0.2, 0.25) is 5.91 Å². The Hall–Kier alpha value is -3.11. The average Bonchev–Trinajstić information content (AvgIpc) is 3.51. The molecule has 0 unspecified atom stereocenters. The Bertz CT molecular complexity index is 1120. The number of ether oxygens (including phenoxy) is 1. The second-order valence-electron chi connectivity index (χ2n) is 6.31. The molecule has 0 saturated heterocycles. The van der Waals surface area contributed by atoms with Crippen LogP contribution < -0.4 is 10.5 Å². The fourth-order valence-electron chi connectivity index (χ4n) is 2.79. The van der Waals surface area contributed by atoms with E-state index in [2.05, 4.69) is 10.2 Å². The van der Waals surface area contributed by atoms with Crippen LogP contribution in [0.4, 0.5) is 0 Å². The maximum atomic E-state index is 11.3. The SMILES string of the molecule is COc1ccc(-c2nc(CSc3nnc(-c4ccco4)n3CCC(N)=O)cs2)cc1. The number of benzene rings is 1. The Labute approximate surface area is 181 Å². The standard InChI is InChI=1S/C20H19N5O3S2/c1-27-15-6-4-13(5-7-15)19-22-14(11-29-19)12-30-20-24-23-18(16-3-2-10-28-16)25(20)9-8-17(21)26/h2-7,10-11H,8-9,12H2,1H3,(H2,21,26). The van der Waals surface area contributed by atoms with Crippen LogP contribution in [0.3, 0.4) is 0 Å². The highest BCUT2D eigenvalue weighted by atomic mass is 32.2. The Morgan fingerprint density at radius 3 is 2.80 bits per heavy atom. The van der Waals surface area contributed by atoms with E-state index in [0.717, 1.165) is 22.0 Å². The van der Waals surface area contributed by atoms with Crippen molar-refractivity contribution in [3.8, 4) is 27.9 Å². The van der Waals surface area contributed by atoms with Crippen LogP contribution in [-0.2, 0) is 17.1 Å². The smallest absolute Gasteiger partial charge is 0.219 e. The molecule has 10 heteroatoms. The number of rotatable bonds is 9. The minimum absolute atomic E-state index is 0.192. The Kier molecular flexibility index (Phi) is 6.15. The molecule has 0 spiro atoms. The zero-order chi connectivity index (χ0) is 20.9. The van der Waals surface area contributed by atoms with Gasteiger partial charge in [-0.15, -0.1) is 21.5 Å². The summed E-state index contributed by atoms with van der Waals surface area (Å²) in [6.45, 7) is 0.384. The van der Waals surface area contributed by atoms with E-state index in [1.54, 1.807) is 36.8 Å². The van der Waals surface area contributed by atoms with E-state index in [1.165, 1.54) is 11.8 Å². The number of nitrogens with zero attached hydrogens (tertiary/aromatic N) is 4. The molecule has 0 aliphatic heterocycles. The van der Waals surface area contributed by atoms with Crippen molar-refractivity contribution in [1.29, 1.82) is 0 Å². The van der Waals surface area contributed by atoms with Crippen molar-refractivity contribution in [3.63, 3.8) is 0 Å². The Morgan fingerprint density at radius 1 is 1.27 bits per heavy atom. The summed E-state index contributed by atoms with van der Waals surface area (Å²) in [6, 6.07) is 11.4. The third-order valence-electron chi connectivity index (χ3n) is 4.28. The van der Waals surface area contributed by atoms with Crippen LogP contribution in [0.5, 0.6) is 5.75 Å². The van der Waals surface area contributed by atoms with E-state index >= 15 is 0 Å². The van der Waals surface area contributed by atoms with E-state index in [4.69, 9.17) is 19.9 Å². The highest BCUT2D eigenvalue weighted by Crippen LogP contribution is 2.30. The van der Waals surface area contributed by atoms with Gasteiger partial charge in [0.15, 0.2) is 16.7 Å². The van der Waals surface area contributed by atoms with Crippen LogP contribution >= 0.6 is 23.1 Å². The molecule has 0 saturated carbocycles. The van der Waals surface area contributed by atoms with Crippen molar-refractivity contribution in [1.82, 2.24) is 19.7 Å². The van der Waals surface area contributed by atoms with Crippen LogP contribution in [0.15, 0.2) is 57.6 Å². The molecule has 1 amide bonds. The largest absolute Gasteiger partial charge is 0.497 e. The van der Waals surface area contributed by atoms with Crippen LogP contribution in [0, 0.1) is 0 Å². The first-order valence-electron chi connectivity index (χ1n) is 9.11. The molecule has 8 nitrogen and oxygen atoms in total. The van der Waals surface area contributed by atoms with Gasteiger partial charge in [-0.2, -0.15) is 0 Å². The topological polar surface area (TPSA) is 109 Å². The maximum Gasteiger partial charge on any atom is 0.219 e. The second-order valence-corrected chi connectivity index (χ2v) is 8.11. The molecule has 3 heterocycles. The van der Waals surface area contributed by atoms with Crippen molar-refractivity contribution >= 4 is 29.0 Å². The summed E-state index contributed by atoms with van der Waals surface area (Å²) in [6.07, 6.45) is 1.77. The first kappa shape index (κ1) is 20.2. The molecule has 1 aromatic carbocycles. The highest BCUT2D eigenvalue weighted by Gasteiger charge is 2.17. The Morgan fingerprint density at radius 2 is 2.10 bits per heavy atom. The lowest BCUT2D eigenvalue weighted by Gasteiger charge is -2.07. The molecule has 0 aliphatic rings. The summed E-state index contributed by atoms with van der Waals surface area (Å²) in [7, 11) is 1.65. The summed E-state index contributed by atoms with van der Waals surface area (Å²) in [5.74, 6) is 2.22. The molecule has 0 radical (unpaired) electrons. The van der Waals surface area contributed by atoms with Gasteiger partial charge < -0.3 is 14.9 Å². The summed E-state index contributed by atoms with van der Waals surface area (Å²) in [5, 5.41) is 12.2. The number of nitrogens with two attached hydrogens (primary N) is 1. The molecular weight excluding hydrogens is 422 g/mol. The third-order valence-corrected chi connectivity index (χ3v) is 6.22. The normalized spacial score (nSPS) is 11.0. The third kappa shape index (κ3) is 4.55. The monoisotopic (exact) mass is 441 g/mol. The summed E-state index contributed by atoms with van der Waals surface area (Å²) < 4.78 is 12.5. The number of methoxy groups -OCH3 is 1. The zero-order valence-electron chi connectivity index (χ0n) is 16.1. The van der Waals surface area contributed by atoms with Gasteiger partial charge >= 0.3 is 0 Å². The van der Waals surface area contributed by atoms with Gasteiger partial charge in [0.1, 0.15) is 10.8 Å². The van der Waals surface area contributed by atoms with Crippen LogP contribution in [0.25, 0.3) is 22.2 Å². The maximum absolute atomic E-state index is 11.3. The highest BCUT2D eigenvalue weighted by molar-refractivity contribution is 7.98. The fraction of sp³-hybridized carbons (Fsp3) is 0.200. The molecule has 0 aliphatic carbocycles. The number of thioether (sulfide) groups is 1. The average molecular weight is 442 g/mol. The summed E-state index contributed by atoms with van der Waals surface area (Å²) >= 11 is 3.09. The van der Waals surface area contributed by atoms with Crippen LogP contribution in [0.2, 0.25) is 0 Å². The van der Waals surface area contributed by atoms with E-state index in [1.807, 2.05) is 34.2 Å². The first-order valence-corrected chi connectivity index (χ1v) is 11.0. The van der Waals surface area contributed by atoms with E-state index in [-0.39, 0.29) is 12.3 Å². The molecule has 4 rings (SSSR count). The molecule has 2 N–H and O–H groups in total. The van der Waals surface area contributed by atoms with Gasteiger partial charge in [0.05, 0.1) is 19.1 Å². The number of carbonyl (C=O) groups is 1. The van der Waals surface area contributed by atoms with Crippen molar-refractivity contribution in [2.75, 3.05) is 7.11 Å². The first-order chi connectivity index (χ1) is 14.6. The number of thiazole rings is 1. The van der Waals surface area contributed by atoms with E-state index < -0.39 is 0 Å². The van der Waals surface area contributed by atoms with Crippen molar-refractivity contribution < 1.29 is 13.9 Å². The van der Waals surface area contributed by atoms with Crippen molar-refractivity contribution in [3.05, 3.63) is 53.7 Å². The number of hydrogen-bond acceptors (Lipinski definition) is 8. The number of aromatic nitrogens is 4. The fourth-order valence-corrected chi connectivity index (χ4v) is 4.57. The number of carbonyl (C=O) groups excluding carboxylic acids is 1. The summed E-state index contributed by atoms with van der Waals surface area (Å²) in [4.78, 5) is 16.0.